The average molecular weight is 746 g/mol. The van der Waals surface area contributed by atoms with Crippen molar-refractivity contribution in [3.8, 4) is 0 Å². The number of hydrogen-bond acceptors (Lipinski definition) is 12. The van der Waals surface area contributed by atoms with Crippen LogP contribution in [0, 0.1) is 0 Å². The highest BCUT2D eigenvalue weighted by molar-refractivity contribution is 7.15. The number of anilines is 2. The molecule has 3 amide bonds. The lowest BCUT2D eigenvalue weighted by Crippen LogP contribution is -2.39. The molecule has 0 fully saturated rings. The Hall–Kier alpha value is -5.28. The summed E-state index contributed by atoms with van der Waals surface area (Å²) in [4.78, 5) is 52.0. The molecular weight excluding hydrogens is 699 g/mol. The second-order valence-corrected chi connectivity index (χ2v) is 14.3. The number of aromatic nitrogens is 4. The number of aliphatic hydroxyl groups excluding tert-OH is 1. The molecule has 0 saturated heterocycles. The predicted octanol–water partition coefficient (Wildman–Crippen LogP) is 5.51. The number of ether oxygens (including phenoxy) is 2. The van der Waals surface area contributed by atoms with Crippen LogP contribution in [0.2, 0.25) is 0 Å². The molecule has 2 heterocycles. The van der Waals surface area contributed by atoms with Crippen molar-refractivity contribution in [1.82, 2.24) is 25.7 Å². The molecule has 282 valence electrons. The van der Waals surface area contributed by atoms with Gasteiger partial charge in [0.15, 0.2) is 12.5 Å². The van der Waals surface area contributed by atoms with Gasteiger partial charge < -0.3 is 25.2 Å². The lowest BCUT2D eigenvalue weighted by Gasteiger charge is -2.24. The van der Waals surface area contributed by atoms with Crippen LogP contribution in [0.15, 0.2) is 66.7 Å². The number of carbonyl (C=O) groups is 4. The van der Waals surface area contributed by atoms with Crippen molar-refractivity contribution in [2.45, 2.75) is 90.7 Å². The monoisotopic (exact) mass is 745 g/mol. The zero-order chi connectivity index (χ0) is 38.2. The molecule has 0 radical (unpaired) electrons. The van der Waals surface area contributed by atoms with Crippen molar-refractivity contribution >= 4 is 46.2 Å². The van der Waals surface area contributed by atoms with Crippen LogP contribution in [-0.4, -0.2) is 68.3 Å². The smallest absolute Gasteiger partial charge is 0.407 e. The van der Waals surface area contributed by atoms with Gasteiger partial charge in [-0.25, -0.2) is 4.79 Å². The summed E-state index contributed by atoms with van der Waals surface area (Å²) < 4.78 is 10.7. The summed E-state index contributed by atoms with van der Waals surface area (Å²) in [6.07, 6.45) is 3.25. The number of carbonyl (C=O) groups excluding carboxylic acids is 4. The van der Waals surface area contributed by atoms with Gasteiger partial charge >= 0.3 is 12.1 Å². The molecule has 4 aromatic rings. The van der Waals surface area contributed by atoms with Gasteiger partial charge in [-0.3, -0.25) is 19.3 Å². The zero-order valence-electron chi connectivity index (χ0n) is 30.5. The molecule has 2 aromatic carbocycles. The molecule has 4 rings (SSSR count). The molecule has 0 saturated carbocycles. The van der Waals surface area contributed by atoms with Crippen molar-refractivity contribution in [2.75, 3.05) is 23.6 Å². The number of alkyl carbamates (subject to hydrolysis) is 1. The average Bonchev–Trinajstić information content (AvgIpc) is 3.59. The summed E-state index contributed by atoms with van der Waals surface area (Å²) >= 11 is 1.21. The van der Waals surface area contributed by atoms with E-state index in [1.54, 1.807) is 51.1 Å². The molecule has 15 heteroatoms. The summed E-state index contributed by atoms with van der Waals surface area (Å²) in [7, 11) is 0. The van der Waals surface area contributed by atoms with Gasteiger partial charge in [-0.15, -0.1) is 15.3 Å². The molecule has 3 N–H and O–H groups in total. The maximum absolute atomic E-state index is 14.0. The van der Waals surface area contributed by atoms with Crippen molar-refractivity contribution in [2.24, 2.45) is 0 Å². The van der Waals surface area contributed by atoms with E-state index in [0.29, 0.717) is 41.2 Å². The number of benzene rings is 2. The van der Waals surface area contributed by atoms with Crippen LogP contribution in [0.1, 0.15) is 86.7 Å². The number of amides is 3. The largest absolute Gasteiger partial charge is 0.444 e. The summed E-state index contributed by atoms with van der Waals surface area (Å²) in [5.74, 6) is -1.76. The van der Waals surface area contributed by atoms with E-state index in [-0.39, 0.29) is 37.2 Å². The van der Waals surface area contributed by atoms with E-state index < -0.39 is 36.1 Å². The van der Waals surface area contributed by atoms with Gasteiger partial charge in [-0.1, -0.05) is 72.9 Å². The summed E-state index contributed by atoms with van der Waals surface area (Å²) in [6, 6.07) is 20.0. The predicted molar refractivity (Wildman–Crippen MR) is 200 cm³/mol. The van der Waals surface area contributed by atoms with Crippen molar-refractivity contribution in [3.63, 3.8) is 0 Å². The van der Waals surface area contributed by atoms with Gasteiger partial charge in [0.05, 0.1) is 24.6 Å². The minimum atomic E-state index is -1.00. The second-order valence-electron chi connectivity index (χ2n) is 13.3. The Bertz CT molecular complexity index is 1800. The summed E-state index contributed by atoms with van der Waals surface area (Å²) in [6.45, 7) is 6.41. The van der Waals surface area contributed by atoms with Crippen LogP contribution in [0.5, 0.6) is 0 Å². The van der Waals surface area contributed by atoms with Crippen molar-refractivity contribution in [3.05, 3.63) is 94.1 Å². The quantitative estimate of drug-likeness (QED) is 0.0663. The van der Waals surface area contributed by atoms with Gasteiger partial charge in [0.1, 0.15) is 10.6 Å². The zero-order valence-corrected chi connectivity index (χ0v) is 31.4. The first kappa shape index (κ1) is 40.5. The number of nitrogens with one attached hydrogen (secondary N) is 2. The number of esters is 1. The van der Waals surface area contributed by atoms with Crippen LogP contribution in [0.3, 0.4) is 0 Å². The summed E-state index contributed by atoms with van der Waals surface area (Å²) in [5, 5.41) is 33.7. The van der Waals surface area contributed by atoms with Crippen LogP contribution < -0.4 is 15.5 Å². The molecule has 2 aromatic heterocycles. The van der Waals surface area contributed by atoms with Gasteiger partial charge in [0.2, 0.25) is 16.9 Å². The topological polar surface area (TPSA) is 186 Å². The number of hydrogen-bond donors (Lipinski definition) is 3. The Labute approximate surface area is 313 Å². The fraction of sp³-hybridized carbons (Fsp3) is 0.421. The maximum atomic E-state index is 14.0. The molecule has 0 aliphatic carbocycles. The Balaban J connectivity index is 1.34. The fourth-order valence-corrected chi connectivity index (χ4v) is 5.99. The molecule has 0 spiro atoms. The Kier molecular flexibility index (Phi) is 15.3. The first-order valence-electron chi connectivity index (χ1n) is 17.6. The molecule has 53 heavy (non-hydrogen) atoms. The van der Waals surface area contributed by atoms with Crippen LogP contribution >= 0.6 is 11.3 Å². The van der Waals surface area contributed by atoms with E-state index in [9.17, 15) is 24.3 Å². The van der Waals surface area contributed by atoms with Gasteiger partial charge in [-0.05, 0) is 75.3 Å². The summed E-state index contributed by atoms with van der Waals surface area (Å²) in [5.41, 5.74) is 2.26. The first-order chi connectivity index (χ1) is 25.4. The number of aliphatic hydroxyl groups is 1. The minimum absolute atomic E-state index is 0.151. The Morgan fingerprint density at radius 1 is 0.906 bits per heavy atom. The van der Waals surface area contributed by atoms with Gasteiger partial charge in [-0.2, -0.15) is 5.10 Å². The molecule has 0 bridgehead atoms. The van der Waals surface area contributed by atoms with Gasteiger partial charge in [0.25, 0.3) is 0 Å². The first-order valence-corrected chi connectivity index (χ1v) is 18.4. The number of unbranched alkanes of at least 4 members (excludes halogenated alkanes) is 1. The van der Waals surface area contributed by atoms with Crippen LogP contribution in [0.25, 0.3) is 0 Å². The number of nitrogens with zero attached hydrogens (tertiary/aromatic N) is 5. The Morgan fingerprint density at radius 3 is 2.36 bits per heavy atom. The van der Waals surface area contributed by atoms with Crippen LogP contribution in [0.4, 0.5) is 15.7 Å². The van der Waals surface area contributed by atoms with Crippen molar-refractivity contribution < 1.29 is 33.8 Å². The van der Waals surface area contributed by atoms with E-state index in [2.05, 4.69) is 31.0 Å². The molecule has 14 nitrogen and oxygen atoms in total. The molecule has 0 unspecified atom stereocenters. The van der Waals surface area contributed by atoms with Gasteiger partial charge in [0, 0.05) is 19.4 Å². The molecular formula is C38H47N7O7S. The molecule has 1 atom stereocenters. The van der Waals surface area contributed by atoms with Crippen molar-refractivity contribution in [1.29, 1.82) is 0 Å². The lowest BCUT2D eigenvalue weighted by molar-refractivity contribution is -0.144. The third-order valence-corrected chi connectivity index (χ3v) is 8.71. The standard InChI is InChI=1S/C38H47N7O7S/c1-5-12-34(48)51-25-45(35(49)30(24-46)28-16-11-15-27(21-28)23-39-37(50)52-38(2,3)4)36-44-43-33(53-36)18-10-9-17-29-19-20-31(42-41-29)40-32(47)22-26-13-7-6-8-14-26/h6-8,11,13-16,19-21,30,46H,5,9-10,12,17-18,22-25H2,1-4H3,(H,39,50)(H,40,42,47)/t30-/m1/s1. The Morgan fingerprint density at radius 2 is 1.66 bits per heavy atom. The highest BCUT2D eigenvalue weighted by atomic mass is 32.1. The minimum Gasteiger partial charge on any atom is -0.444 e. The highest BCUT2D eigenvalue weighted by Crippen LogP contribution is 2.27. The third-order valence-electron chi connectivity index (χ3n) is 7.70. The van der Waals surface area contributed by atoms with E-state index in [0.717, 1.165) is 24.1 Å². The third kappa shape index (κ3) is 13.7. The molecule has 0 aliphatic heterocycles. The SMILES string of the molecule is CCCC(=O)OCN(C(=O)[C@H](CO)c1cccc(CNC(=O)OC(C)(C)C)c1)c1nnc(CCCCc2ccc(NC(=O)Cc3ccccc3)nn2)s1. The van der Waals surface area contributed by atoms with E-state index in [4.69, 9.17) is 9.47 Å². The van der Waals surface area contributed by atoms with E-state index in [1.165, 1.54) is 16.2 Å². The second kappa shape index (κ2) is 20.1. The fourth-order valence-electron chi connectivity index (χ4n) is 5.11. The number of rotatable bonds is 18. The number of aryl methyl sites for hydroxylation is 2. The van der Waals surface area contributed by atoms with E-state index in [1.807, 2.05) is 43.3 Å². The maximum Gasteiger partial charge on any atom is 0.407 e. The lowest BCUT2D eigenvalue weighted by atomic mass is 9.96. The van der Waals surface area contributed by atoms with Crippen LogP contribution in [-0.2, 0) is 49.7 Å². The normalized spacial score (nSPS) is 11.7. The van der Waals surface area contributed by atoms with E-state index >= 15 is 0 Å². The molecule has 0 aliphatic rings. The highest BCUT2D eigenvalue weighted by Gasteiger charge is 2.30.